The molecular weight excluding hydrogens is 653 g/mol. The summed E-state index contributed by atoms with van der Waals surface area (Å²) >= 11 is 0. The van der Waals surface area contributed by atoms with Crippen LogP contribution in [0, 0.1) is 5.92 Å². The van der Waals surface area contributed by atoms with E-state index >= 15 is 0 Å². The van der Waals surface area contributed by atoms with Crippen LogP contribution in [0.1, 0.15) is 37.8 Å². The zero-order valence-electron chi connectivity index (χ0n) is 25.5. The summed E-state index contributed by atoms with van der Waals surface area (Å²) in [4.78, 5) is 39.5. The van der Waals surface area contributed by atoms with Crippen molar-refractivity contribution in [2.45, 2.75) is 45.3 Å². The average Bonchev–Trinajstić information content (AvgIpc) is 3.00. The lowest BCUT2D eigenvalue weighted by atomic mass is 9.96. The summed E-state index contributed by atoms with van der Waals surface area (Å²) in [5.41, 5.74) is -3.65. The Morgan fingerprint density at radius 3 is 1.89 bits per heavy atom. The van der Waals surface area contributed by atoms with Gasteiger partial charge in [-0.1, -0.05) is 60.7 Å². The van der Waals surface area contributed by atoms with Gasteiger partial charge in [0.2, 0.25) is 0 Å². The number of halogens is 4. The number of alkyl halides is 3. The van der Waals surface area contributed by atoms with E-state index in [-0.39, 0.29) is 55.8 Å². The van der Waals surface area contributed by atoms with Gasteiger partial charge in [-0.3, -0.25) is 19.4 Å². The Kier molecular flexibility index (Phi) is 15.2. The van der Waals surface area contributed by atoms with Crippen LogP contribution in [0.2, 0.25) is 0 Å². The number of carbonyl (C=O) groups is 3. The van der Waals surface area contributed by atoms with Gasteiger partial charge in [0.05, 0.1) is 18.8 Å². The predicted molar refractivity (Wildman–Crippen MR) is 165 cm³/mol. The number of esters is 2. The standard InChI is InChI=1S/C16H18F3NO5S.C15H19NO3.ClH/c1-2-24-15(21)13-11-20(10-12-6-4-3-5-7-12)9-8-14(13)25-26(22,23)16(17,18)19;1-2-19-15(18)13-11-16(9-8-14(13)17)10-12-6-4-3-5-7-12;/h3-7H,2,8-11H2,1H3;3-7,13H,2,8-11H2,1H3;1H. The van der Waals surface area contributed by atoms with E-state index in [4.69, 9.17) is 9.47 Å². The summed E-state index contributed by atoms with van der Waals surface area (Å²) in [6, 6.07) is 19.3. The minimum atomic E-state index is -5.84. The van der Waals surface area contributed by atoms with Crippen molar-refractivity contribution in [1.82, 2.24) is 9.80 Å². The van der Waals surface area contributed by atoms with Crippen LogP contribution in [-0.2, 0) is 51.2 Å². The number of ether oxygens (including phenoxy) is 2. The molecule has 15 heteroatoms. The Bertz CT molecular complexity index is 1440. The van der Waals surface area contributed by atoms with Crippen molar-refractivity contribution >= 4 is 40.2 Å². The third kappa shape index (κ3) is 11.4. The smallest absolute Gasteiger partial charge is 0.465 e. The third-order valence-electron chi connectivity index (χ3n) is 6.96. The number of rotatable bonds is 10. The van der Waals surface area contributed by atoms with E-state index in [1.165, 1.54) is 12.5 Å². The van der Waals surface area contributed by atoms with Crippen LogP contribution in [0.25, 0.3) is 0 Å². The Labute approximate surface area is 273 Å². The second-order valence-electron chi connectivity index (χ2n) is 10.3. The zero-order valence-corrected chi connectivity index (χ0v) is 27.2. The number of nitrogens with zero attached hydrogens (tertiary/aromatic N) is 2. The second-order valence-corrected chi connectivity index (χ2v) is 11.8. The van der Waals surface area contributed by atoms with Gasteiger partial charge >= 0.3 is 27.6 Å². The van der Waals surface area contributed by atoms with Gasteiger partial charge in [-0.05, 0) is 25.0 Å². The van der Waals surface area contributed by atoms with Crippen molar-refractivity contribution in [2.75, 3.05) is 39.4 Å². The van der Waals surface area contributed by atoms with Crippen molar-refractivity contribution in [3.8, 4) is 0 Å². The van der Waals surface area contributed by atoms with Gasteiger partial charge in [0.25, 0.3) is 0 Å². The predicted octanol–water partition coefficient (Wildman–Crippen LogP) is 4.64. The molecule has 254 valence electrons. The highest BCUT2D eigenvalue weighted by molar-refractivity contribution is 7.87. The molecule has 1 fully saturated rings. The molecule has 2 aliphatic rings. The third-order valence-corrected chi connectivity index (χ3v) is 7.95. The lowest BCUT2D eigenvalue weighted by molar-refractivity contribution is -0.154. The number of carbonyl (C=O) groups excluding carboxylic acids is 3. The lowest BCUT2D eigenvalue weighted by Crippen LogP contribution is -2.44. The van der Waals surface area contributed by atoms with E-state index in [9.17, 15) is 36.0 Å². The Hall–Kier alpha value is -3.46. The van der Waals surface area contributed by atoms with E-state index in [0.29, 0.717) is 32.7 Å². The van der Waals surface area contributed by atoms with Gasteiger partial charge in [-0.2, -0.15) is 21.6 Å². The topological polar surface area (TPSA) is 120 Å². The summed E-state index contributed by atoms with van der Waals surface area (Å²) in [5, 5.41) is 0. The molecule has 46 heavy (non-hydrogen) atoms. The van der Waals surface area contributed by atoms with E-state index in [0.717, 1.165) is 12.1 Å². The van der Waals surface area contributed by atoms with Crippen LogP contribution in [-0.4, -0.2) is 80.8 Å². The number of Topliss-reactive ketones (excluding diaryl/α,β-unsaturated/α-hetero) is 1. The Balaban J connectivity index is 0.000000328. The van der Waals surface area contributed by atoms with Crippen LogP contribution in [0.15, 0.2) is 72.0 Å². The molecule has 0 N–H and O–H groups in total. The van der Waals surface area contributed by atoms with Gasteiger partial charge in [-0.25, -0.2) is 4.79 Å². The molecule has 0 amide bonds. The number of benzene rings is 2. The van der Waals surface area contributed by atoms with E-state index in [1.807, 2.05) is 48.5 Å². The molecule has 0 saturated carbocycles. The first-order valence-electron chi connectivity index (χ1n) is 14.5. The van der Waals surface area contributed by atoms with Crippen LogP contribution >= 0.6 is 12.4 Å². The van der Waals surface area contributed by atoms with Gasteiger partial charge in [0.1, 0.15) is 17.5 Å². The van der Waals surface area contributed by atoms with Crippen molar-refractivity contribution in [3.63, 3.8) is 0 Å². The summed E-state index contributed by atoms with van der Waals surface area (Å²) in [5.74, 6) is -2.41. The molecule has 4 rings (SSSR count). The zero-order chi connectivity index (χ0) is 33.0. The largest absolute Gasteiger partial charge is 0.534 e. The summed E-state index contributed by atoms with van der Waals surface area (Å²) in [6.07, 6.45) is 0.270. The number of ketones is 1. The molecule has 2 aliphatic heterocycles. The van der Waals surface area contributed by atoms with Crippen molar-refractivity contribution in [2.24, 2.45) is 5.92 Å². The fourth-order valence-electron chi connectivity index (χ4n) is 4.77. The first-order chi connectivity index (χ1) is 21.3. The second kappa shape index (κ2) is 18.0. The van der Waals surface area contributed by atoms with E-state index in [2.05, 4.69) is 21.2 Å². The highest BCUT2D eigenvalue weighted by Crippen LogP contribution is 2.31. The highest BCUT2D eigenvalue weighted by atomic mass is 35.5. The fraction of sp³-hybridized carbons (Fsp3) is 0.452. The van der Waals surface area contributed by atoms with Crippen LogP contribution < -0.4 is 0 Å². The van der Waals surface area contributed by atoms with Crippen LogP contribution in [0.3, 0.4) is 0 Å². The molecule has 1 atom stereocenters. The normalized spacial score (nSPS) is 17.7. The maximum atomic E-state index is 12.6. The van der Waals surface area contributed by atoms with E-state index in [1.54, 1.807) is 11.8 Å². The van der Waals surface area contributed by atoms with Crippen LogP contribution in [0.5, 0.6) is 0 Å². The maximum absolute atomic E-state index is 12.6. The number of likely N-dealkylation sites (tertiary alicyclic amines) is 1. The molecule has 2 aromatic carbocycles. The summed E-state index contributed by atoms with van der Waals surface area (Å²) in [6.45, 7) is 6.17. The molecule has 0 bridgehead atoms. The van der Waals surface area contributed by atoms with Gasteiger partial charge in [0.15, 0.2) is 0 Å². The SMILES string of the molecule is CCOC(=O)C1=C(OS(=O)(=O)C(F)(F)F)CCN(Cc2ccccc2)C1.CCOC(=O)C1CN(Cc2ccccc2)CCC1=O.Cl. The minimum absolute atomic E-state index is 0. The van der Waals surface area contributed by atoms with Crippen molar-refractivity contribution in [1.29, 1.82) is 0 Å². The Morgan fingerprint density at radius 2 is 1.37 bits per heavy atom. The highest BCUT2D eigenvalue weighted by Gasteiger charge is 2.49. The quantitative estimate of drug-likeness (QED) is 0.151. The molecule has 10 nitrogen and oxygen atoms in total. The van der Waals surface area contributed by atoms with Gasteiger partial charge < -0.3 is 13.7 Å². The average molecular weight is 691 g/mol. The van der Waals surface area contributed by atoms with Gasteiger partial charge in [-0.15, -0.1) is 12.4 Å². The molecule has 0 aromatic heterocycles. The molecule has 0 aliphatic carbocycles. The lowest BCUT2D eigenvalue weighted by Gasteiger charge is -2.30. The fourth-order valence-corrected chi connectivity index (χ4v) is 5.32. The molecule has 1 unspecified atom stereocenters. The van der Waals surface area contributed by atoms with Crippen LogP contribution in [0.4, 0.5) is 13.2 Å². The summed E-state index contributed by atoms with van der Waals surface area (Å²) < 4.78 is 74.3. The number of hydrogen-bond donors (Lipinski definition) is 0. The molecular formula is C31H38ClF3N2O8S. The van der Waals surface area contributed by atoms with Gasteiger partial charge in [0, 0.05) is 52.1 Å². The monoisotopic (exact) mass is 690 g/mol. The number of piperidine rings is 1. The summed E-state index contributed by atoms with van der Waals surface area (Å²) in [7, 11) is -5.84. The number of hydrogen-bond acceptors (Lipinski definition) is 10. The molecule has 2 aromatic rings. The van der Waals surface area contributed by atoms with E-state index < -0.39 is 33.3 Å². The molecule has 0 radical (unpaired) electrons. The molecule has 1 saturated heterocycles. The first-order valence-corrected chi connectivity index (χ1v) is 15.9. The Morgan fingerprint density at radius 1 is 0.848 bits per heavy atom. The van der Waals surface area contributed by atoms with Crippen molar-refractivity contribution in [3.05, 3.63) is 83.1 Å². The molecule has 0 spiro atoms. The molecule has 2 heterocycles. The van der Waals surface area contributed by atoms with Crippen molar-refractivity contribution < 1.29 is 49.6 Å². The maximum Gasteiger partial charge on any atom is 0.534 e. The minimum Gasteiger partial charge on any atom is -0.465 e. The first kappa shape index (κ1) is 38.7.